The summed E-state index contributed by atoms with van der Waals surface area (Å²) >= 11 is 0. The maximum absolute atomic E-state index is 14.3. The molecule has 3 N–H and O–H groups in total. The summed E-state index contributed by atoms with van der Waals surface area (Å²) in [5.41, 5.74) is 9.36. The minimum atomic E-state index is -1.05. The van der Waals surface area contributed by atoms with Gasteiger partial charge in [-0.25, -0.2) is 13.8 Å². The quantitative estimate of drug-likeness (QED) is 0.479. The van der Waals surface area contributed by atoms with Gasteiger partial charge in [-0.2, -0.15) is 4.68 Å². The first-order valence-electron chi connectivity index (χ1n) is 10.4. The first kappa shape index (κ1) is 20.2. The Balaban J connectivity index is 1.45. The zero-order chi connectivity index (χ0) is 22.1. The molecule has 7 nitrogen and oxygen atoms in total. The molecule has 0 spiro atoms. The second kappa shape index (κ2) is 8.43. The molecule has 1 aliphatic rings. The van der Waals surface area contributed by atoms with E-state index in [0.29, 0.717) is 11.6 Å². The minimum absolute atomic E-state index is 0.113. The lowest BCUT2D eigenvalue weighted by atomic mass is 9.93. The average Bonchev–Trinajstić information content (AvgIpc) is 3.25. The molecule has 0 bridgehead atoms. The molecule has 0 atom stereocenters. The molecule has 32 heavy (non-hydrogen) atoms. The van der Waals surface area contributed by atoms with E-state index in [9.17, 15) is 8.78 Å². The summed E-state index contributed by atoms with van der Waals surface area (Å²) in [4.78, 5) is 4.28. The maximum Gasteiger partial charge on any atom is 0.190 e. The van der Waals surface area contributed by atoms with Crippen molar-refractivity contribution in [1.82, 2.24) is 30.5 Å². The van der Waals surface area contributed by atoms with Crippen LogP contribution in [0.1, 0.15) is 24.8 Å². The fraction of sp³-hybridized carbons (Fsp3) is 0.217. The van der Waals surface area contributed by atoms with Gasteiger partial charge in [0.15, 0.2) is 17.5 Å². The zero-order valence-electron chi connectivity index (χ0n) is 17.2. The standard InChI is InChI=1S/C23H21F2N7/c24-19-5-2-6-20(21(19)25)32-23(29-30-31-32)18-11-16(13-28-22(18)26)15-9-7-14(8-10-15)12-27-17-3-1-4-17/h2,5-11,13,17,27H,1,3-4,12H2,(H2,26,28). The van der Waals surface area contributed by atoms with Gasteiger partial charge in [-0.05, 0) is 52.6 Å². The van der Waals surface area contributed by atoms with E-state index in [2.05, 4.69) is 38.0 Å². The van der Waals surface area contributed by atoms with E-state index in [1.807, 2.05) is 12.1 Å². The summed E-state index contributed by atoms with van der Waals surface area (Å²) in [6.45, 7) is 0.837. The second-order valence-corrected chi connectivity index (χ2v) is 7.85. The number of nitrogens with one attached hydrogen (secondary N) is 1. The highest BCUT2D eigenvalue weighted by Gasteiger charge is 2.20. The summed E-state index contributed by atoms with van der Waals surface area (Å²) in [7, 11) is 0. The summed E-state index contributed by atoms with van der Waals surface area (Å²) < 4.78 is 29.2. The molecule has 2 heterocycles. The number of hydrogen-bond donors (Lipinski definition) is 2. The number of aromatic nitrogens is 5. The molecule has 1 saturated carbocycles. The summed E-state index contributed by atoms with van der Waals surface area (Å²) in [6, 6.07) is 14.4. The van der Waals surface area contributed by atoms with Crippen LogP contribution in [0.15, 0.2) is 54.7 Å². The van der Waals surface area contributed by atoms with Gasteiger partial charge in [0.1, 0.15) is 11.5 Å². The monoisotopic (exact) mass is 433 g/mol. The highest BCUT2D eigenvalue weighted by Crippen LogP contribution is 2.30. The predicted molar refractivity (Wildman–Crippen MR) is 117 cm³/mol. The summed E-state index contributed by atoms with van der Waals surface area (Å²) in [6.07, 6.45) is 5.46. The molecule has 0 unspecified atom stereocenters. The van der Waals surface area contributed by atoms with Gasteiger partial charge in [-0.1, -0.05) is 36.8 Å². The highest BCUT2D eigenvalue weighted by atomic mass is 19.2. The van der Waals surface area contributed by atoms with Crippen molar-refractivity contribution in [2.24, 2.45) is 0 Å². The van der Waals surface area contributed by atoms with Crippen LogP contribution in [0, 0.1) is 11.6 Å². The fourth-order valence-electron chi connectivity index (χ4n) is 3.68. The van der Waals surface area contributed by atoms with Crippen LogP contribution in [-0.4, -0.2) is 31.2 Å². The molecule has 1 aliphatic carbocycles. The van der Waals surface area contributed by atoms with Crippen LogP contribution in [0.3, 0.4) is 0 Å². The third-order valence-electron chi connectivity index (χ3n) is 5.78. The van der Waals surface area contributed by atoms with E-state index in [1.165, 1.54) is 37.0 Å². The Kier molecular flexibility index (Phi) is 5.32. The van der Waals surface area contributed by atoms with Crippen molar-refractivity contribution >= 4 is 5.82 Å². The first-order valence-corrected chi connectivity index (χ1v) is 10.4. The van der Waals surface area contributed by atoms with Crippen molar-refractivity contribution in [3.63, 3.8) is 0 Å². The number of nitrogen functional groups attached to an aromatic ring is 1. The maximum atomic E-state index is 14.3. The number of hydrogen-bond acceptors (Lipinski definition) is 6. The topological polar surface area (TPSA) is 94.5 Å². The van der Waals surface area contributed by atoms with Gasteiger partial charge in [0.05, 0.1) is 5.56 Å². The molecular formula is C23H21F2N7. The SMILES string of the molecule is Nc1ncc(-c2ccc(CNC3CCC3)cc2)cc1-c1nnnn1-c1cccc(F)c1F. The van der Waals surface area contributed by atoms with Gasteiger partial charge in [0, 0.05) is 24.3 Å². The van der Waals surface area contributed by atoms with Crippen molar-refractivity contribution < 1.29 is 8.78 Å². The Morgan fingerprint density at radius 1 is 1.06 bits per heavy atom. The molecule has 0 amide bonds. The molecule has 4 aromatic rings. The van der Waals surface area contributed by atoms with Gasteiger partial charge >= 0.3 is 0 Å². The van der Waals surface area contributed by atoms with Gasteiger partial charge in [-0.15, -0.1) is 5.10 Å². The summed E-state index contributed by atoms with van der Waals surface area (Å²) in [5, 5.41) is 15.0. The number of rotatable bonds is 6. The van der Waals surface area contributed by atoms with Crippen LogP contribution in [0.5, 0.6) is 0 Å². The number of benzene rings is 2. The van der Waals surface area contributed by atoms with Crippen LogP contribution in [-0.2, 0) is 6.54 Å². The van der Waals surface area contributed by atoms with Crippen molar-refractivity contribution in [2.45, 2.75) is 31.8 Å². The predicted octanol–water partition coefficient (Wildman–Crippen LogP) is 3.89. The van der Waals surface area contributed by atoms with Crippen molar-refractivity contribution in [3.05, 3.63) is 71.9 Å². The van der Waals surface area contributed by atoms with Crippen LogP contribution >= 0.6 is 0 Å². The molecular weight excluding hydrogens is 412 g/mol. The molecule has 2 aromatic carbocycles. The molecule has 1 fully saturated rings. The molecule has 9 heteroatoms. The second-order valence-electron chi connectivity index (χ2n) is 7.85. The van der Waals surface area contributed by atoms with E-state index in [4.69, 9.17) is 5.73 Å². The average molecular weight is 433 g/mol. The lowest BCUT2D eigenvalue weighted by molar-refractivity contribution is 0.338. The van der Waals surface area contributed by atoms with E-state index < -0.39 is 11.6 Å². The molecule has 5 rings (SSSR count). The van der Waals surface area contributed by atoms with Gasteiger partial charge in [-0.3, -0.25) is 0 Å². The zero-order valence-corrected chi connectivity index (χ0v) is 17.2. The van der Waals surface area contributed by atoms with E-state index in [1.54, 1.807) is 12.3 Å². The Morgan fingerprint density at radius 3 is 2.62 bits per heavy atom. The summed E-state index contributed by atoms with van der Waals surface area (Å²) in [5.74, 6) is -1.68. The van der Waals surface area contributed by atoms with Crippen molar-refractivity contribution in [2.75, 3.05) is 5.73 Å². The largest absolute Gasteiger partial charge is 0.383 e. The first-order chi connectivity index (χ1) is 15.6. The third kappa shape index (κ3) is 3.82. The minimum Gasteiger partial charge on any atom is -0.383 e. The number of halogens is 2. The molecule has 0 saturated heterocycles. The van der Waals surface area contributed by atoms with Gasteiger partial charge in [0.25, 0.3) is 0 Å². The van der Waals surface area contributed by atoms with Crippen LogP contribution in [0.2, 0.25) is 0 Å². The lowest BCUT2D eigenvalue weighted by Crippen LogP contribution is -2.34. The van der Waals surface area contributed by atoms with Gasteiger partial charge in [0.2, 0.25) is 0 Å². The molecule has 0 radical (unpaired) electrons. The van der Waals surface area contributed by atoms with Gasteiger partial charge < -0.3 is 11.1 Å². The van der Waals surface area contributed by atoms with Crippen LogP contribution in [0.4, 0.5) is 14.6 Å². The molecule has 162 valence electrons. The molecule has 0 aliphatic heterocycles. The number of nitrogens with two attached hydrogens (primary N) is 1. The lowest BCUT2D eigenvalue weighted by Gasteiger charge is -2.26. The van der Waals surface area contributed by atoms with Crippen molar-refractivity contribution in [1.29, 1.82) is 0 Å². The number of pyridine rings is 1. The number of anilines is 1. The van der Waals surface area contributed by atoms with Crippen LogP contribution < -0.4 is 11.1 Å². The number of nitrogens with zero attached hydrogens (tertiary/aromatic N) is 5. The van der Waals surface area contributed by atoms with E-state index in [0.717, 1.165) is 28.4 Å². The van der Waals surface area contributed by atoms with Crippen LogP contribution in [0.25, 0.3) is 28.2 Å². The Bertz CT molecular complexity index is 1250. The molecule has 2 aromatic heterocycles. The Morgan fingerprint density at radius 2 is 1.88 bits per heavy atom. The highest BCUT2D eigenvalue weighted by molar-refractivity contribution is 5.76. The van der Waals surface area contributed by atoms with E-state index in [-0.39, 0.29) is 17.3 Å². The van der Waals surface area contributed by atoms with Crippen molar-refractivity contribution in [3.8, 4) is 28.2 Å². The third-order valence-corrected chi connectivity index (χ3v) is 5.78. The Labute approximate surface area is 183 Å². The Hall–Kier alpha value is -3.72. The normalized spacial score (nSPS) is 13.8. The fourth-order valence-corrected chi connectivity index (χ4v) is 3.68. The number of tetrazole rings is 1. The smallest absolute Gasteiger partial charge is 0.190 e. The van der Waals surface area contributed by atoms with E-state index >= 15 is 0 Å².